The number of benzene rings is 1. The van der Waals surface area contributed by atoms with Gasteiger partial charge in [0.25, 0.3) is 0 Å². The summed E-state index contributed by atoms with van der Waals surface area (Å²) in [4.78, 5) is 20.4. The van der Waals surface area contributed by atoms with Gasteiger partial charge in [-0.25, -0.2) is 4.79 Å². The summed E-state index contributed by atoms with van der Waals surface area (Å²) >= 11 is 0. The van der Waals surface area contributed by atoms with Gasteiger partial charge in [-0.15, -0.1) is 0 Å². The molecule has 2 N–H and O–H groups in total. The molecular weight excluding hydrogens is 274 g/mol. The van der Waals surface area contributed by atoms with Crippen LogP contribution in [0.3, 0.4) is 0 Å². The van der Waals surface area contributed by atoms with Crippen LogP contribution in [0.1, 0.15) is 0 Å². The number of urea groups is 1. The smallest absolute Gasteiger partial charge is 0.329 e. The van der Waals surface area contributed by atoms with Crippen molar-refractivity contribution >= 4 is 17.4 Å². The standard InChI is InChI=1S/C9H7F4N3O3/c10-6-3-5(1-2-7(6)16(18)19)15-8(17)14-4-9(11,12)13/h1-3H,4H2,(H2,14,15,17). The minimum atomic E-state index is -4.57. The molecular formula is C9H7F4N3O3. The molecule has 0 aliphatic heterocycles. The molecule has 0 saturated carbocycles. The lowest BCUT2D eigenvalue weighted by atomic mass is 10.2. The highest BCUT2D eigenvalue weighted by molar-refractivity contribution is 5.89. The van der Waals surface area contributed by atoms with Crippen LogP contribution < -0.4 is 10.6 Å². The fourth-order valence-electron chi connectivity index (χ4n) is 1.09. The van der Waals surface area contributed by atoms with Crippen molar-refractivity contribution in [3.8, 4) is 0 Å². The second kappa shape index (κ2) is 5.50. The zero-order valence-corrected chi connectivity index (χ0v) is 9.12. The molecule has 0 radical (unpaired) electrons. The maximum Gasteiger partial charge on any atom is 0.405 e. The molecule has 0 spiro atoms. The predicted octanol–water partition coefficient (Wildman–Crippen LogP) is 2.42. The lowest BCUT2D eigenvalue weighted by Crippen LogP contribution is -2.36. The Labute approximate surface area is 103 Å². The average Bonchev–Trinajstić information content (AvgIpc) is 2.25. The Morgan fingerprint density at radius 2 is 2.00 bits per heavy atom. The van der Waals surface area contributed by atoms with Crippen molar-refractivity contribution in [3.63, 3.8) is 0 Å². The lowest BCUT2D eigenvalue weighted by molar-refractivity contribution is -0.387. The Bertz CT molecular complexity index is 504. The van der Waals surface area contributed by atoms with Crippen LogP contribution in [0.5, 0.6) is 0 Å². The molecule has 1 aromatic rings. The maximum atomic E-state index is 13.1. The number of carbonyl (C=O) groups excluding carboxylic acids is 1. The first kappa shape index (κ1) is 14.7. The number of hydrogen-bond acceptors (Lipinski definition) is 3. The van der Waals surface area contributed by atoms with E-state index >= 15 is 0 Å². The van der Waals surface area contributed by atoms with E-state index in [-0.39, 0.29) is 5.69 Å². The highest BCUT2D eigenvalue weighted by Crippen LogP contribution is 2.20. The number of rotatable bonds is 3. The van der Waals surface area contributed by atoms with Gasteiger partial charge in [-0.1, -0.05) is 0 Å². The molecule has 0 unspecified atom stereocenters. The molecule has 10 heteroatoms. The molecule has 0 saturated heterocycles. The van der Waals surface area contributed by atoms with E-state index in [4.69, 9.17) is 0 Å². The molecule has 0 heterocycles. The summed E-state index contributed by atoms with van der Waals surface area (Å²) in [5.41, 5.74) is -1.01. The summed E-state index contributed by atoms with van der Waals surface area (Å²) in [5, 5.41) is 13.7. The minimum absolute atomic E-state index is 0.206. The zero-order valence-electron chi connectivity index (χ0n) is 9.12. The van der Waals surface area contributed by atoms with Gasteiger partial charge in [0.2, 0.25) is 5.82 Å². The first-order valence-electron chi connectivity index (χ1n) is 4.74. The topological polar surface area (TPSA) is 84.3 Å². The average molecular weight is 281 g/mol. The van der Waals surface area contributed by atoms with Crippen LogP contribution in [0.2, 0.25) is 0 Å². The number of nitro benzene ring substituents is 1. The number of nitro groups is 1. The molecule has 2 amide bonds. The Morgan fingerprint density at radius 1 is 1.37 bits per heavy atom. The third-order valence-corrected chi connectivity index (χ3v) is 1.85. The summed E-state index contributed by atoms with van der Waals surface area (Å²) in [5.74, 6) is -1.21. The van der Waals surface area contributed by atoms with Gasteiger partial charge in [0.05, 0.1) is 4.92 Å². The van der Waals surface area contributed by atoms with Gasteiger partial charge in [-0.05, 0) is 6.07 Å². The van der Waals surface area contributed by atoms with Crippen LogP contribution in [-0.2, 0) is 0 Å². The van der Waals surface area contributed by atoms with Crippen molar-refractivity contribution < 1.29 is 27.3 Å². The molecule has 104 valence electrons. The van der Waals surface area contributed by atoms with Gasteiger partial charge in [0.1, 0.15) is 6.54 Å². The number of hydrogen-bond donors (Lipinski definition) is 2. The highest BCUT2D eigenvalue weighted by atomic mass is 19.4. The fourth-order valence-corrected chi connectivity index (χ4v) is 1.09. The number of carbonyl (C=O) groups is 1. The van der Waals surface area contributed by atoms with E-state index in [9.17, 15) is 32.5 Å². The van der Waals surface area contributed by atoms with Gasteiger partial charge in [0, 0.05) is 17.8 Å². The van der Waals surface area contributed by atoms with E-state index in [1.807, 2.05) is 5.32 Å². The summed E-state index contributed by atoms with van der Waals surface area (Å²) in [6.07, 6.45) is -4.57. The molecule has 1 rings (SSSR count). The monoisotopic (exact) mass is 281 g/mol. The number of halogens is 4. The van der Waals surface area contributed by atoms with Crippen LogP contribution in [0, 0.1) is 15.9 Å². The van der Waals surface area contributed by atoms with Crippen LogP contribution in [0.15, 0.2) is 18.2 Å². The first-order valence-corrected chi connectivity index (χ1v) is 4.74. The van der Waals surface area contributed by atoms with Crippen molar-refractivity contribution in [1.82, 2.24) is 5.32 Å². The van der Waals surface area contributed by atoms with E-state index in [0.717, 1.165) is 12.1 Å². The zero-order chi connectivity index (χ0) is 14.6. The number of anilines is 1. The SMILES string of the molecule is O=C(NCC(F)(F)F)Nc1ccc([N+](=O)[O-])c(F)c1. The molecule has 19 heavy (non-hydrogen) atoms. The number of nitrogens with zero attached hydrogens (tertiary/aromatic N) is 1. The quantitative estimate of drug-likeness (QED) is 0.507. The van der Waals surface area contributed by atoms with Crippen molar-refractivity contribution in [2.45, 2.75) is 6.18 Å². The van der Waals surface area contributed by atoms with E-state index in [0.29, 0.717) is 6.07 Å². The summed E-state index contributed by atoms with van der Waals surface area (Å²) in [6.45, 7) is -1.55. The molecule has 0 aliphatic rings. The minimum Gasteiger partial charge on any atom is -0.329 e. The van der Waals surface area contributed by atoms with Crippen molar-refractivity contribution in [1.29, 1.82) is 0 Å². The Kier molecular flexibility index (Phi) is 4.25. The third kappa shape index (κ3) is 4.77. The van der Waals surface area contributed by atoms with Crippen molar-refractivity contribution in [3.05, 3.63) is 34.1 Å². The number of amides is 2. The molecule has 0 aliphatic carbocycles. The van der Waals surface area contributed by atoms with Crippen molar-refractivity contribution in [2.75, 3.05) is 11.9 Å². The molecule has 6 nitrogen and oxygen atoms in total. The molecule has 0 atom stereocenters. The lowest BCUT2D eigenvalue weighted by Gasteiger charge is -2.09. The Balaban J connectivity index is 2.65. The van der Waals surface area contributed by atoms with E-state index in [1.165, 1.54) is 5.32 Å². The van der Waals surface area contributed by atoms with Gasteiger partial charge in [0.15, 0.2) is 0 Å². The summed E-state index contributed by atoms with van der Waals surface area (Å²) in [7, 11) is 0. The fraction of sp³-hybridized carbons (Fsp3) is 0.222. The van der Waals surface area contributed by atoms with Crippen LogP contribution in [0.25, 0.3) is 0 Å². The Morgan fingerprint density at radius 3 is 2.47 bits per heavy atom. The summed E-state index contributed by atoms with van der Waals surface area (Å²) < 4.78 is 48.5. The molecule has 0 aromatic heterocycles. The Hall–Kier alpha value is -2.39. The molecule has 0 bridgehead atoms. The normalized spacial score (nSPS) is 10.9. The largest absolute Gasteiger partial charge is 0.405 e. The van der Waals surface area contributed by atoms with Crippen LogP contribution in [0.4, 0.5) is 33.7 Å². The van der Waals surface area contributed by atoms with E-state index in [1.54, 1.807) is 0 Å². The van der Waals surface area contributed by atoms with Crippen molar-refractivity contribution in [2.24, 2.45) is 0 Å². The first-order chi connectivity index (χ1) is 8.69. The highest BCUT2D eigenvalue weighted by Gasteiger charge is 2.27. The van der Waals surface area contributed by atoms with Gasteiger partial charge >= 0.3 is 17.9 Å². The van der Waals surface area contributed by atoms with Crippen LogP contribution >= 0.6 is 0 Å². The van der Waals surface area contributed by atoms with Gasteiger partial charge < -0.3 is 10.6 Å². The summed E-state index contributed by atoms with van der Waals surface area (Å²) in [6, 6.07) is 1.21. The predicted molar refractivity (Wildman–Crippen MR) is 56.1 cm³/mol. The van der Waals surface area contributed by atoms with Gasteiger partial charge in [-0.3, -0.25) is 10.1 Å². The second-order valence-electron chi connectivity index (χ2n) is 3.35. The van der Waals surface area contributed by atoms with Crippen LogP contribution in [-0.4, -0.2) is 23.7 Å². The van der Waals surface area contributed by atoms with E-state index < -0.39 is 35.2 Å². The molecule has 1 aromatic carbocycles. The third-order valence-electron chi connectivity index (χ3n) is 1.85. The molecule has 0 fully saturated rings. The number of nitrogens with one attached hydrogen (secondary N) is 2. The second-order valence-corrected chi connectivity index (χ2v) is 3.35. The van der Waals surface area contributed by atoms with Gasteiger partial charge in [-0.2, -0.15) is 17.6 Å². The number of alkyl halides is 3. The maximum absolute atomic E-state index is 13.1. The van der Waals surface area contributed by atoms with E-state index in [2.05, 4.69) is 0 Å².